The Morgan fingerprint density at radius 1 is 1.41 bits per heavy atom. The van der Waals surface area contributed by atoms with Crippen LogP contribution in [0.5, 0.6) is 5.75 Å². The minimum absolute atomic E-state index is 0.126. The lowest BCUT2D eigenvalue weighted by atomic mass is 10.0. The van der Waals surface area contributed by atoms with E-state index in [1.165, 1.54) is 36.7 Å². The standard InChI is InChI=1S/C15H22N2O4S/c1-11-5-4-8-17(10-11)22(19,20)12-6-7-14(21-3)13(9-12)15(18)16-2/h6-7,9,11H,4-5,8,10H2,1-3H3,(H,16,18)/t11-/m0/s1. The molecular weight excluding hydrogens is 304 g/mol. The van der Waals surface area contributed by atoms with Gasteiger partial charge in [-0.15, -0.1) is 0 Å². The van der Waals surface area contributed by atoms with Crippen molar-refractivity contribution in [2.45, 2.75) is 24.7 Å². The van der Waals surface area contributed by atoms with Crippen molar-refractivity contribution in [3.63, 3.8) is 0 Å². The van der Waals surface area contributed by atoms with Crippen LogP contribution in [0.15, 0.2) is 23.1 Å². The van der Waals surface area contributed by atoms with Gasteiger partial charge in [-0.25, -0.2) is 8.42 Å². The largest absolute Gasteiger partial charge is 0.496 e. The fourth-order valence-electron chi connectivity index (χ4n) is 2.67. The lowest BCUT2D eigenvalue weighted by Gasteiger charge is -2.30. The van der Waals surface area contributed by atoms with Crippen LogP contribution >= 0.6 is 0 Å². The number of nitrogens with zero attached hydrogens (tertiary/aromatic N) is 1. The lowest BCUT2D eigenvalue weighted by Crippen LogP contribution is -2.39. The van der Waals surface area contributed by atoms with Crippen LogP contribution in [-0.4, -0.2) is 45.9 Å². The summed E-state index contributed by atoms with van der Waals surface area (Å²) in [6.45, 7) is 3.09. The number of hydrogen-bond acceptors (Lipinski definition) is 4. The third-order valence-electron chi connectivity index (χ3n) is 3.90. The van der Waals surface area contributed by atoms with Crippen LogP contribution in [0.3, 0.4) is 0 Å². The van der Waals surface area contributed by atoms with E-state index in [0.717, 1.165) is 12.8 Å². The number of methoxy groups -OCH3 is 1. The summed E-state index contributed by atoms with van der Waals surface area (Å²) in [7, 11) is -0.644. The zero-order valence-corrected chi connectivity index (χ0v) is 13.9. The SMILES string of the molecule is CNC(=O)c1cc(S(=O)(=O)N2CCC[C@H](C)C2)ccc1OC. The van der Waals surface area contributed by atoms with Crippen molar-refractivity contribution < 1.29 is 17.9 Å². The Bertz CT molecular complexity index is 658. The summed E-state index contributed by atoms with van der Waals surface area (Å²) >= 11 is 0. The molecule has 1 aromatic rings. The maximum atomic E-state index is 12.7. The number of nitrogens with one attached hydrogen (secondary N) is 1. The molecule has 1 atom stereocenters. The first-order valence-corrected chi connectivity index (χ1v) is 8.74. The molecule has 122 valence electrons. The number of sulfonamides is 1. The quantitative estimate of drug-likeness (QED) is 0.909. The van der Waals surface area contributed by atoms with Gasteiger partial charge >= 0.3 is 0 Å². The smallest absolute Gasteiger partial charge is 0.254 e. The van der Waals surface area contributed by atoms with Crippen LogP contribution in [-0.2, 0) is 10.0 Å². The molecule has 0 saturated carbocycles. The van der Waals surface area contributed by atoms with Gasteiger partial charge in [0.2, 0.25) is 10.0 Å². The van der Waals surface area contributed by atoms with E-state index in [2.05, 4.69) is 5.32 Å². The molecule has 1 amide bonds. The topological polar surface area (TPSA) is 75.7 Å². The van der Waals surface area contributed by atoms with Crippen molar-refractivity contribution in [3.8, 4) is 5.75 Å². The molecule has 6 nitrogen and oxygen atoms in total. The van der Waals surface area contributed by atoms with E-state index in [1.807, 2.05) is 6.92 Å². The molecule has 0 bridgehead atoms. The zero-order chi connectivity index (χ0) is 16.3. The number of hydrogen-bond donors (Lipinski definition) is 1. The Kier molecular flexibility index (Phi) is 5.08. The first-order valence-electron chi connectivity index (χ1n) is 7.30. The molecule has 1 aliphatic rings. The molecule has 1 saturated heterocycles. The van der Waals surface area contributed by atoms with Gasteiger partial charge in [-0.3, -0.25) is 4.79 Å². The Labute approximate surface area is 131 Å². The molecule has 1 aliphatic heterocycles. The maximum absolute atomic E-state index is 12.7. The zero-order valence-electron chi connectivity index (χ0n) is 13.1. The summed E-state index contributed by atoms with van der Waals surface area (Å²) in [4.78, 5) is 12.0. The molecule has 0 unspecified atom stereocenters. The van der Waals surface area contributed by atoms with Gasteiger partial charge in [-0.2, -0.15) is 4.31 Å². The summed E-state index contributed by atoms with van der Waals surface area (Å²) in [6, 6.07) is 4.39. The number of piperidine rings is 1. The molecule has 7 heteroatoms. The minimum atomic E-state index is -3.59. The van der Waals surface area contributed by atoms with Gasteiger partial charge in [0.05, 0.1) is 17.6 Å². The van der Waals surface area contributed by atoms with E-state index in [4.69, 9.17) is 4.74 Å². The van der Waals surface area contributed by atoms with Crippen molar-refractivity contribution in [2.75, 3.05) is 27.2 Å². The van der Waals surface area contributed by atoms with Gasteiger partial charge in [-0.05, 0) is 37.0 Å². The molecule has 1 fully saturated rings. The Balaban J connectivity index is 2.41. The highest BCUT2D eigenvalue weighted by Crippen LogP contribution is 2.27. The van der Waals surface area contributed by atoms with Crippen molar-refractivity contribution in [1.29, 1.82) is 0 Å². The van der Waals surface area contributed by atoms with Gasteiger partial charge < -0.3 is 10.1 Å². The summed E-state index contributed by atoms with van der Waals surface area (Å²) in [6.07, 6.45) is 1.90. The van der Waals surface area contributed by atoms with Crippen LogP contribution in [0.25, 0.3) is 0 Å². The van der Waals surface area contributed by atoms with Gasteiger partial charge in [0.15, 0.2) is 0 Å². The third kappa shape index (κ3) is 3.25. The molecule has 0 aliphatic carbocycles. The second kappa shape index (κ2) is 6.66. The number of carbonyl (C=O) groups is 1. The van der Waals surface area contributed by atoms with Crippen molar-refractivity contribution in [2.24, 2.45) is 5.92 Å². The summed E-state index contributed by atoms with van der Waals surface area (Å²) in [5, 5.41) is 2.49. The van der Waals surface area contributed by atoms with Crippen LogP contribution in [0.2, 0.25) is 0 Å². The Morgan fingerprint density at radius 2 is 2.14 bits per heavy atom. The molecule has 0 spiro atoms. The number of rotatable bonds is 4. The van der Waals surface area contributed by atoms with Crippen molar-refractivity contribution >= 4 is 15.9 Å². The lowest BCUT2D eigenvalue weighted by molar-refractivity contribution is 0.0960. The molecule has 2 rings (SSSR count). The Morgan fingerprint density at radius 3 is 2.73 bits per heavy atom. The maximum Gasteiger partial charge on any atom is 0.254 e. The normalized spacial score (nSPS) is 19.7. The highest BCUT2D eigenvalue weighted by molar-refractivity contribution is 7.89. The van der Waals surface area contributed by atoms with Crippen LogP contribution < -0.4 is 10.1 Å². The number of benzene rings is 1. The second-order valence-electron chi connectivity index (χ2n) is 5.55. The van der Waals surface area contributed by atoms with Crippen molar-refractivity contribution in [1.82, 2.24) is 9.62 Å². The van der Waals surface area contributed by atoms with Gasteiger partial charge in [0.1, 0.15) is 5.75 Å². The number of amides is 1. The molecule has 1 aromatic carbocycles. The van der Waals surface area contributed by atoms with Crippen LogP contribution in [0, 0.1) is 5.92 Å². The number of carbonyl (C=O) groups excluding carboxylic acids is 1. The molecule has 1 heterocycles. The fourth-order valence-corrected chi connectivity index (χ4v) is 4.30. The van der Waals surface area contributed by atoms with Crippen molar-refractivity contribution in [3.05, 3.63) is 23.8 Å². The molecular formula is C15H22N2O4S. The van der Waals surface area contributed by atoms with E-state index in [9.17, 15) is 13.2 Å². The summed E-state index contributed by atoms with van der Waals surface area (Å²) in [5.41, 5.74) is 0.219. The minimum Gasteiger partial charge on any atom is -0.496 e. The van der Waals surface area contributed by atoms with E-state index in [-0.39, 0.29) is 16.4 Å². The van der Waals surface area contributed by atoms with Gasteiger partial charge in [0, 0.05) is 20.1 Å². The first-order chi connectivity index (χ1) is 10.4. The molecule has 0 aromatic heterocycles. The predicted octanol–water partition coefficient (Wildman–Crippen LogP) is 1.48. The average molecular weight is 326 g/mol. The van der Waals surface area contributed by atoms with E-state index < -0.39 is 10.0 Å². The second-order valence-corrected chi connectivity index (χ2v) is 7.49. The molecule has 1 N–H and O–H groups in total. The van der Waals surface area contributed by atoms with E-state index >= 15 is 0 Å². The van der Waals surface area contributed by atoms with E-state index in [1.54, 1.807) is 0 Å². The van der Waals surface area contributed by atoms with Crippen LogP contribution in [0.1, 0.15) is 30.1 Å². The average Bonchev–Trinajstić information content (AvgIpc) is 2.53. The molecule has 0 radical (unpaired) electrons. The summed E-state index contributed by atoms with van der Waals surface area (Å²) < 4.78 is 32.1. The Hall–Kier alpha value is -1.60. The fraction of sp³-hybridized carbons (Fsp3) is 0.533. The first kappa shape index (κ1) is 16.8. The highest BCUT2D eigenvalue weighted by atomic mass is 32.2. The van der Waals surface area contributed by atoms with E-state index in [0.29, 0.717) is 24.8 Å². The van der Waals surface area contributed by atoms with Crippen LogP contribution in [0.4, 0.5) is 0 Å². The van der Waals surface area contributed by atoms with Gasteiger partial charge in [0.25, 0.3) is 5.91 Å². The predicted molar refractivity (Wildman–Crippen MR) is 83.5 cm³/mol. The third-order valence-corrected chi connectivity index (χ3v) is 5.76. The van der Waals surface area contributed by atoms with Gasteiger partial charge in [-0.1, -0.05) is 6.92 Å². The summed E-state index contributed by atoms with van der Waals surface area (Å²) in [5.74, 6) is 0.325. The monoisotopic (exact) mass is 326 g/mol. The highest BCUT2D eigenvalue weighted by Gasteiger charge is 2.29. The molecule has 22 heavy (non-hydrogen) atoms. The number of ether oxygens (including phenoxy) is 1.